The first kappa shape index (κ1) is 22.8. The minimum atomic E-state index is -3.98. The van der Waals surface area contributed by atoms with Crippen LogP contribution < -0.4 is 4.72 Å². The van der Waals surface area contributed by atoms with E-state index in [9.17, 15) is 16.8 Å². The molecule has 3 rings (SSSR count). The molecular formula is C19H24N6O4S2. The third-order valence-corrected chi connectivity index (χ3v) is 8.07. The number of para-hydroxylation sites is 1. The summed E-state index contributed by atoms with van der Waals surface area (Å²) < 4.78 is 54.9. The van der Waals surface area contributed by atoms with Crippen molar-refractivity contribution in [2.24, 2.45) is 0 Å². The molecule has 0 saturated heterocycles. The molecule has 12 heteroatoms. The third-order valence-electron chi connectivity index (χ3n) is 4.63. The maximum Gasteiger partial charge on any atom is 0.261 e. The van der Waals surface area contributed by atoms with Gasteiger partial charge in [0.05, 0.1) is 22.0 Å². The zero-order valence-corrected chi connectivity index (χ0v) is 19.1. The second-order valence-electron chi connectivity index (χ2n) is 6.51. The second kappa shape index (κ2) is 9.12. The SMILES string of the molecule is CCN(CC)S(=O)(=O)c1ccc(S(=O)(=O)Nc2ccccc2-c2nnn(CC)n2)cc1. The highest BCUT2D eigenvalue weighted by molar-refractivity contribution is 7.92. The van der Waals surface area contributed by atoms with E-state index < -0.39 is 20.0 Å². The van der Waals surface area contributed by atoms with Gasteiger partial charge in [-0.25, -0.2) is 16.8 Å². The van der Waals surface area contributed by atoms with Crippen LogP contribution in [0.5, 0.6) is 0 Å². The van der Waals surface area contributed by atoms with Gasteiger partial charge in [-0.15, -0.1) is 10.2 Å². The van der Waals surface area contributed by atoms with Gasteiger partial charge < -0.3 is 0 Å². The average molecular weight is 465 g/mol. The lowest BCUT2D eigenvalue weighted by atomic mass is 10.2. The molecule has 1 heterocycles. The maximum absolute atomic E-state index is 12.9. The number of sulfonamides is 2. The smallest absolute Gasteiger partial charge is 0.261 e. The summed E-state index contributed by atoms with van der Waals surface area (Å²) in [6, 6.07) is 11.8. The van der Waals surface area contributed by atoms with Gasteiger partial charge in [0.25, 0.3) is 10.0 Å². The van der Waals surface area contributed by atoms with Crippen molar-refractivity contribution in [3.05, 3.63) is 48.5 Å². The molecule has 1 N–H and O–H groups in total. The molecule has 3 aromatic rings. The highest BCUT2D eigenvalue weighted by atomic mass is 32.2. The summed E-state index contributed by atoms with van der Waals surface area (Å²) in [5, 5.41) is 12.1. The number of anilines is 1. The van der Waals surface area contributed by atoms with Crippen molar-refractivity contribution in [3.8, 4) is 11.4 Å². The topological polar surface area (TPSA) is 127 Å². The van der Waals surface area contributed by atoms with Crippen LogP contribution in [-0.2, 0) is 26.6 Å². The zero-order chi connectivity index (χ0) is 22.6. The van der Waals surface area contributed by atoms with E-state index in [2.05, 4.69) is 20.1 Å². The van der Waals surface area contributed by atoms with Crippen LogP contribution in [-0.4, -0.2) is 54.4 Å². The first-order valence-electron chi connectivity index (χ1n) is 9.73. The Morgan fingerprint density at radius 2 is 1.52 bits per heavy atom. The fourth-order valence-electron chi connectivity index (χ4n) is 2.96. The second-order valence-corrected chi connectivity index (χ2v) is 10.1. The van der Waals surface area contributed by atoms with Crippen molar-refractivity contribution in [1.29, 1.82) is 0 Å². The zero-order valence-electron chi connectivity index (χ0n) is 17.4. The minimum absolute atomic E-state index is 0.0379. The van der Waals surface area contributed by atoms with Crippen LogP contribution in [0.15, 0.2) is 58.3 Å². The van der Waals surface area contributed by atoms with Gasteiger partial charge >= 0.3 is 0 Å². The Kier molecular flexibility index (Phi) is 6.72. The highest BCUT2D eigenvalue weighted by Crippen LogP contribution is 2.27. The van der Waals surface area contributed by atoms with Crippen LogP contribution in [0.4, 0.5) is 5.69 Å². The lowest BCUT2D eigenvalue weighted by Gasteiger charge is -2.18. The number of nitrogens with zero attached hydrogens (tertiary/aromatic N) is 5. The number of benzene rings is 2. The molecule has 0 unspecified atom stereocenters. The number of aryl methyl sites for hydroxylation is 1. The minimum Gasteiger partial charge on any atom is -0.279 e. The molecule has 0 aliphatic heterocycles. The molecule has 10 nitrogen and oxygen atoms in total. The van der Waals surface area contributed by atoms with E-state index in [1.807, 2.05) is 6.92 Å². The molecule has 166 valence electrons. The molecule has 0 amide bonds. The molecule has 0 bridgehead atoms. The summed E-state index contributed by atoms with van der Waals surface area (Å²) in [6.07, 6.45) is 0. The van der Waals surface area contributed by atoms with Gasteiger partial charge in [0.1, 0.15) is 0 Å². The van der Waals surface area contributed by atoms with Gasteiger partial charge in [0.15, 0.2) is 0 Å². The fourth-order valence-corrected chi connectivity index (χ4v) is 5.50. The molecular weight excluding hydrogens is 440 g/mol. The number of nitrogens with one attached hydrogen (secondary N) is 1. The Hall–Kier alpha value is -2.83. The quantitative estimate of drug-likeness (QED) is 0.514. The summed E-state index contributed by atoms with van der Waals surface area (Å²) in [4.78, 5) is 1.37. The van der Waals surface area contributed by atoms with E-state index >= 15 is 0 Å². The predicted octanol–water partition coefficient (Wildman–Crippen LogP) is 2.19. The van der Waals surface area contributed by atoms with Gasteiger partial charge in [-0.05, 0) is 48.5 Å². The lowest BCUT2D eigenvalue weighted by molar-refractivity contribution is 0.445. The van der Waals surface area contributed by atoms with Crippen LogP contribution in [0, 0.1) is 0 Å². The van der Waals surface area contributed by atoms with Crippen molar-refractivity contribution >= 4 is 25.7 Å². The average Bonchev–Trinajstić information content (AvgIpc) is 3.24. The number of tetrazole rings is 1. The number of hydrogen-bond donors (Lipinski definition) is 1. The largest absolute Gasteiger partial charge is 0.279 e. The van der Waals surface area contributed by atoms with E-state index in [0.29, 0.717) is 31.0 Å². The van der Waals surface area contributed by atoms with Crippen molar-refractivity contribution in [1.82, 2.24) is 24.5 Å². The number of aromatic nitrogens is 4. The van der Waals surface area contributed by atoms with Gasteiger partial charge in [0, 0.05) is 18.7 Å². The summed E-state index contributed by atoms with van der Waals surface area (Å²) in [6.45, 7) is 6.54. The summed E-state index contributed by atoms with van der Waals surface area (Å²) in [5.74, 6) is 0.292. The summed E-state index contributed by atoms with van der Waals surface area (Å²) >= 11 is 0. The van der Waals surface area contributed by atoms with Crippen LogP contribution in [0.3, 0.4) is 0 Å². The molecule has 0 fully saturated rings. The molecule has 1 aromatic heterocycles. The van der Waals surface area contributed by atoms with E-state index in [1.54, 1.807) is 38.1 Å². The molecule has 31 heavy (non-hydrogen) atoms. The van der Waals surface area contributed by atoms with E-state index in [4.69, 9.17) is 0 Å². The highest BCUT2D eigenvalue weighted by Gasteiger charge is 2.23. The standard InChI is InChI=1S/C19H24N6O4S2/c1-4-24(5-2)31(28,29)16-13-11-15(12-14-16)30(26,27)22-18-10-8-7-9-17(18)19-20-23-25(6-3)21-19/h7-14,22H,4-6H2,1-3H3. The van der Waals surface area contributed by atoms with Crippen LogP contribution in [0.2, 0.25) is 0 Å². The normalized spacial score (nSPS) is 12.3. The summed E-state index contributed by atoms with van der Waals surface area (Å²) in [7, 11) is -7.65. The maximum atomic E-state index is 12.9. The Balaban J connectivity index is 1.90. The van der Waals surface area contributed by atoms with Crippen molar-refractivity contribution in [2.45, 2.75) is 37.1 Å². The number of hydrogen-bond acceptors (Lipinski definition) is 7. The van der Waals surface area contributed by atoms with E-state index in [1.165, 1.54) is 33.4 Å². The van der Waals surface area contributed by atoms with Crippen LogP contribution >= 0.6 is 0 Å². The first-order valence-corrected chi connectivity index (χ1v) is 12.7. The fraction of sp³-hybridized carbons (Fsp3) is 0.316. The number of rotatable bonds is 9. The van der Waals surface area contributed by atoms with Gasteiger partial charge in [0.2, 0.25) is 15.8 Å². The molecule has 0 radical (unpaired) electrons. The molecule has 2 aromatic carbocycles. The molecule has 0 saturated carbocycles. The van der Waals surface area contributed by atoms with E-state index in [0.717, 1.165) is 0 Å². The van der Waals surface area contributed by atoms with Crippen molar-refractivity contribution in [2.75, 3.05) is 17.8 Å². The van der Waals surface area contributed by atoms with Crippen molar-refractivity contribution in [3.63, 3.8) is 0 Å². The summed E-state index contributed by atoms with van der Waals surface area (Å²) in [5.41, 5.74) is 0.768. The Morgan fingerprint density at radius 1 is 0.903 bits per heavy atom. The predicted molar refractivity (Wildman–Crippen MR) is 116 cm³/mol. The van der Waals surface area contributed by atoms with Crippen LogP contribution in [0.1, 0.15) is 20.8 Å². The van der Waals surface area contributed by atoms with Gasteiger partial charge in [-0.2, -0.15) is 9.10 Å². The van der Waals surface area contributed by atoms with E-state index in [-0.39, 0.29) is 15.5 Å². The monoisotopic (exact) mass is 464 g/mol. The lowest BCUT2D eigenvalue weighted by Crippen LogP contribution is -2.30. The Morgan fingerprint density at radius 3 is 2.10 bits per heavy atom. The molecule has 0 atom stereocenters. The van der Waals surface area contributed by atoms with Crippen LogP contribution in [0.25, 0.3) is 11.4 Å². The molecule has 0 aliphatic carbocycles. The Bertz CT molecular complexity index is 1250. The third kappa shape index (κ3) is 4.75. The van der Waals surface area contributed by atoms with Gasteiger partial charge in [-0.1, -0.05) is 26.0 Å². The Labute approximate surface area is 182 Å². The van der Waals surface area contributed by atoms with Gasteiger partial charge in [-0.3, -0.25) is 4.72 Å². The molecule has 0 aliphatic rings. The first-order chi connectivity index (χ1) is 14.7. The molecule has 0 spiro atoms. The van der Waals surface area contributed by atoms with Crippen molar-refractivity contribution < 1.29 is 16.8 Å².